The van der Waals surface area contributed by atoms with Gasteiger partial charge in [-0.05, 0) is 51.5 Å². The maximum absolute atomic E-state index is 12.2. The number of aryl methyl sites for hydroxylation is 2. The predicted octanol–water partition coefficient (Wildman–Crippen LogP) is 2.67. The van der Waals surface area contributed by atoms with E-state index in [1.54, 1.807) is 0 Å². The molecule has 0 N–H and O–H groups in total. The van der Waals surface area contributed by atoms with E-state index in [0.717, 1.165) is 55.8 Å². The Hall–Kier alpha value is -1.69. The summed E-state index contributed by atoms with van der Waals surface area (Å²) in [6.07, 6.45) is 5.47. The maximum atomic E-state index is 12.2. The summed E-state index contributed by atoms with van der Waals surface area (Å²) in [6.45, 7) is 7.24. The molecule has 1 saturated heterocycles. The van der Waals surface area contributed by atoms with Crippen LogP contribution in [0.4, 0.5) is 5.95 Å². The number of ether oxygens (including phenoxy) is 2. The van der Waals surface area contributed by atoms with Crippen LogP contribution in [-0.4, -0.2) is 48.8 Å². The Bertz CT molecular complexity index is 561. The minimum absolute atomic E-state index is 0.0196. The van der Waals surface area contributed by atoms with Crippen molar-refractivity contribution in [3.8, 4) is 0 Å². The van der Waals surface area contributed by atoms with E-state index in [9.17, 15) is 4.79 Å². The second-order valence-electron chi connectivity index (χ2n) is 7.25. The zero-order chi connectivity index (χ0) is 17.6. The highest BCUT2D eigenvalue weighted by Crippen LogP contribution is 2.26. The van der Waals surface area contributed by atoms with E-state index >= 15 is 0 Å². The third-order valence-electron chi connectivity index (χ3n) is 5.13. The fraction of sp³-hybridized carbons (Fsp3) is 0.737. The van der Waals surface area contributed by atoms with Crippen LogP contribution in [0, 0.1) is 25.7 Å². The Morgan fingerprint density at radius 3 is 2.40 bits per heavy atom. The maximum Gasteiger partial charge on any atom is 0.309 e. The molecule has 1 aromatic heterocycles. The van der Waals surface area contributed by atoms with Crippen molar-refractivity contribution < 1.29 is 14.3 Å². The molecule has 0 bridgehead atoms. The summed E-state index contributed by atoms with van der Waals surface area (Å²) in [6, 6.07) is 1.97. The van der Waals surface area contributed by atoms with Crippen molar-refractivity contribution in [1.29, 1.82) is 0 Å². The summed E-state index contributed by atoms with van der Waals surface area (Å²) in [4.78, 5) is 23.4. The molecule has 1 aliphatic heterocycles. The van der Waals surface area contributed by atoms with E-state index in [0.29, 0.717) is 13.2 Å². The van der Waals surface area contributed by atoms with Crippen LogP contribution < -0.4 is 4.90 Å². The SMILES string of the molecule is Cc1cc(C)nc(N2CCC(C(=O)OCCOCC3CCC3)CC2)n1. The van der Waals surface area contributed by atoms with E-state index < -0.39 is 0 Å². The lowest BCUT2D eigenvalue weighted by atomic mass is 9.86. The van der Waals surface area contributed by atoms with Gasteiger partial charge in [-0.25, -0.2) is 9.97 Å². The van der Waals surface area contributed by atoms with Crippen molar-refractivity contribution in [3.05, 3.63) is 17.5 Å². The molecule has 1 aromatic rings. The molecule has 2 heterocycles. The minimum Gasteiger partial charge on any atom is -0.463 e. The summed E-state index contributed by atoms with van der Waals surface area (Å²) in [5, 5.41) is 0. The number of nitrogens with zero attached hydrogens (tertiary/aromatic N) is 3. The van der Waals surface area contributed by atoms with Crippen molar-refractivity contribution in [1.82, 2.24) is 9.97 Å². The third-order valence-corrected chi connectivity index (χ3v) is 5.13. The topological polar surface area (TPSA) is 64.6 Å². The molecule has 25 heavy (non-hydrogen) atoms. The van der Waals surface area contributed by atoms with E-state index in [-0.39, 0.29) is 11.9 Å². The molecule has 2 aliphatic rings. The number of hydrogen-bond acceptors (Lipinski definition) is 6. The molecule has 0 atom stereocenters. The van der Waals surface area contributed by atoms with Crippen molar-refractivity contribution in [2.75, 3.05) is 37.8 Å². The monoisotopic (exact) mass is 347 g/mol. The van der Waals surface area contributed by atoms with Gasteiger partial charge in [-0.15, -0.1) is 0 Å². The molecule has 6 heteroatoms. The molecule has 0 amide bonds. The van der Waals surface area contributed by atoms with Gasteiger partial charge in [0.05, 0.1) is 12.5 Å². The first-order chi connectivity index (χ1) is 12.1. The second kappa shape index (κ2) is 8.61. The molecule has 0 spiro atoms. The second-order valence-corrected chi connectivity index (χ2v) is 7.25. The van der Waals surface area contributed by atoms with Crippen LogP contribution in [0.2, 0.25) is 0 Å². The molecule has 0 unspecified atom stereocenters. The standard InChI is InChI=1S/C19H29N3O3/c1-14-12-15(2)21-19(20-14)22-8-6-17(7-9-22)18(23)25-11-10-24-13-16-4-3-5-16/h12,16-17H,3-11,13H2,1-2H3. The summed E-state index contributed by atoms with van der Waals surface area (Å²) in [5.74, 6) is 1.39. The number of rotatable bonds is 7. The Balaban J connectivity index is 1.35. The zero-order valence-corrected chi connectivity index (χ0v) is 15.4. The van der Waals surface area contributed by atoms with Gasteiger partial charge >= 0.3 is 5.97 Å². The van der Waals surface area contributed by atoms with Gasteiger partial charge in [-0.1, -0.05) is 6.42 Å². The van der Waals surface area contributed by atoms with Crippen LogP contribution in [0.1, 0.15) is 43.5 Å². The normalized spacial score (nSPS) is 18.9. The van der Waals surface area contributed by atoms with Gasteiger partial charge in [0.25, 0.3) is 0 Å². The smallest absolute Gasteiger partial charge is 0.309 e. The molecule has 0 aromatic carbocycles. The highest BCUT2D eigenvalue weighted by molar-refractivity contribution is 5.72. The number of aromatic nitrogens is 2. The van der Waals surface area contributed by atoms with Crippen molar-refractivity contribution in [3.63, 3.8) is 0 Å². The Morgan fingerprint density at radius 2 is 1.80 bits per heavy atom. The lowest BCUT2D eigenvalue weighted by Crippen LogP contribution is -2.38. The van der Waals surface area contributed by atoms with Gasteiger partial charge in [0.1, 0.15) is 6.61 Å². The zero-order valence-electron chi connectivity index (χ0n) is 15.4. The molecule has 1 saturated carbocycles. The van der Waals surface area contributed by atoms with Crippen LogP contribution in [0.5, 0.6) is 0 Å². The van der Waals surface area contributed by atoms with Crippen LogP contribution >= 0.6 is 0 Å². The highest BCUT2D eigenvalue weighted by Gasteiger charge is 2.27. The van der Waals surface area contributed by atoms with Crippen LogP contribution in [0.3, 0.4) is 0 Å². The first kappa shape index (κ1) is 18.1. The molecular weight excluding hydrogens is 318 g/mol. The average molecular weight is 347 g/mol. The molecule has 3 rings (SSSR count). The van der Waals surface area contributed by atoms with Gasteiger partial charge in [-0.2, -0.15) is 0 Å². The number of hydrogen-bond donors (Lipinski definition) is 0. The van der Waals surface area contributed by atoms with Gasteiger partial charge < -0.3 is 14.4 Å². The van der Waals surface area contributed by atoms with Gasteiger partial charge in [0, 0.05) is 31.1 Å². The summed E-state index contributed by atoms with van der Waals surface area (Å²) in [5.41, 5.74) is 1.96. The fourth-order valence-electron chi connectivity index (χ4n) is 3.39. The van der Waals surface area contributed by atoms with Crippen LogP contribution in [0.15, 0.2) is 6.07 Å². The summed E-state index contributed by atoms with van der Waals surface area (Å²) >= 11 is 0. The largest absolute Gasteiger partial charge is 0.463 e. The van der Waals surface area contributed by atoms with Crippen LogP contribution in [0.25, 0.3) is 0 Å². The number of carbonyl (C=O) groups is 1. The Kier molecular flexibility index (Phi) is 6.24. The van der Waals surface area contributed by atoms with E-state index in [1.165, 1.54) is 19.3 Å². The number of piperidine rings is 1. The number of anilines is 1. The summed E-state index contributed by atoms with van der Waals surface area (Å²) < 4.78 is 11.0. The average Bonchev–Trinajstić information content (AvgIpc) is 2.55. The summed E-state index contributed by atoms with van der Waals surface area (Å²) in [7, 11) is 0. The first-order valence-electron chi connectivity index (χ1n) is 9.43. The molecule has 0 radical (unpaired) electrons. The van der Waals surface area contributed by atoms with Crippen LogP contribution in [-0.2, 0) is 14.3 Å². The predicted molar refractivity (Wildman–Crippen MR) is 95.6 cm³/mol. The number of esters is 1. The number of carbonyl (C=O) groups excluding carboxylic acids is 1. The molecular formula is C19H29N3O3. The van der Waals surface area contributed by atoms with Crippen molar-refractivity contribution >= 4 is 11.9 Å². The first-order valence-corrected chi connectivity index (χ1v) is 9.43. The van der Waals surface area contributed by atoms with Crippen molar-refractivity contribution in [2.45, 2.75) is 46.0 Å². The lowest BCUT2D eigenvalue weighted by molar-refractivity contribution is -0.151. The van der Waals surface area contributed by atoms with E-state index in [4.69, 9.17) is 9.47 Å². The van der Waals surface area contributed by atoms with Gasteiger partial charge in [0.15, 0.2) is 0 Å². The Morgan fingerprint density at radius 1 is 1.12 bits per heavy atom. The molecule has 2 fully saturated rings. The lowest BCUT2D eigenvalue weighted by Gasteiger charge is -2.31. The third kappa shape index (κ3) is 5.14. The van der Waals surface area contributed by atoms with Gasteiger partial charge in [-0.3, -0.25) is 4.79 Å². The molecule has 1 aliphatic carbocycles. The fourth-order valence-corrected chi connectivity index (χ4v) is 3.39. The van der Waals surface area contributed by atoms with Crippen molar-refractivity contribution in [2.24, 2.45) is 11.8 Å². The van der Waals surface area contributed by atoms with E-state index in [2.05, 4.69) is 14.9 Å². The molecule has 138 valence electrons. The quantitative estimate of drug-likeness (QED) is 0.558. The highest BCUT2D eigenvalue weighted by atomic mass is 16.6. The van der Waals surface area contributed by atoms with E-state index in [1.807, 2.05) is 19.9 Å². The Labute approximate surface area is 149 Å². The molecule has 6 nitrogen and oxygen atoms in total. The minimum atomic E-state index is -0.0896. The van der Waals surface area contributed by atoms with Gasteiger partial charge in [0.2, 0.25) is 5.95 Å².